The molecule has 1 rings (SSSR count). The highest BCUT2D eigenvalue weighted by Crippen LogP contribution is 2.25. The van der Waals surface area contributed by atoms with E-state index in [1.807, 2.05) is 0 Å². The van der Waals surface area contributed by atoms with Gasteiger partial charge in [-0.05, 0) is 27.2 Å². The van der Waals surface area contributed by atoms with E-state index in [0.717, 1.165) is 0 Å². The average molecular weight is 269 g/mol. The number of hydrogen-bond acceptors (Lipinski definition) is 4. The van der Waals surface area contributed by atoms with Crippen LogP contribution in [-0.4, -0.2) is 47.7 Å². The number of piperazine rings is 1. The van der Waals surface area contributed by atoms with Gasteiger partial charge in [-0.15, -0.1) is 6.58 Å². The molecular formula is C13H23N3O3. The lowest BCUT2D eigenvalue weighted by atomic mass is 9.90. The lowest BCUT2D eigenvalue weighted by Gasteiger charge is -2.44. The molecule has 19 heavy (non-hydrogen) atoms. The number of hydrogen-bond donors (Lipinski definition) is 2. The van der Waals surface area contributed by atoms with Crippen LogP contribution in [0.1, 0.15) is 27.2 Å². The summed E-state index contributed by atoms with van der Waals surface area (Å²) >= 11 is 0. The Morgan fingerprint density at radius 1 is 1.63 bits per heavy atom. The van der Waals surface area contributed by atoms with E-state index in [1.165, 1.54) is 4.90 Å². The Morgan fingerprint density at radius 3 is 2.74 bits per heavy atom. The molecule has 3 N–H and O–H groups in total. The lowest BCUT2D eigenvalue weighted by Crippen LogP contribution is -2.69. The van der Waals surface area contributed by atoms with Gasteiger partial charge in [-0.2, -0.15) is 0 Å². The molecule has 0 aromatic rings. The lowest BCUT2D eigenvalue weighted by molar-refractivity contribution is -0.136. The van der Waals surface area contributed by atoms with Crippen molar-refractivity contribution >= 4 is 12.0 Å². The third kappa shape index (κ3) is 3.26. The summed E-state index contributed by atoms with van der Waals surface area (Å²) in [5, 5.41) is 2.74. The van der Waals surface area contributed by atoms with Crippen LogP contribution in [-0.2, 0) is 9.53 Å². The van der Waals surface area contributed by atoms with Crippen LogP contribution in [0.3, 0.4) is 0 Å². The Hall–Kier alpha value is -1.56. The number of carbonyl (C=O) groups excluding carboxylic acids is 2. The zero-order valence-electron chi connectivity index (χ0n) is 11.9. The van der Waals surface area contributed by atoms with Gasteiger partial charge in [0.2, 0.25) is 5.91 Å². The molecule has 0 aromatic heterocycles. The minimum atomic E-state index is -1.09. The van der Waals surface area contributed by atoms with E-state index in [4.69, 9.17) is 10.5 Å². The molecular weight excluding hydrogens is 246 g/mol. The summed E-state index contributed by atoms with van der Waals surface area (Å²) in [4.78, 5) is 25.8. The summed E-state index contributed by atoms with van der Waals surface area (Å²) < 4.78 is 5.35. The van der Waals surface area contributed by atoms with Crippen molar-refractivity contribution in [3.05, 3.63) is 12.7 Å². The molecule has 0 bridgehead atoms. The van der Waals surface area contributed by atoms with Crippen LogP contribution in [0.5, 0.6) is 0 Å². The summed E-state index contributed by atoms with van der Waals surface area (Å²) in [6, 6.07) is 0. The van der Waals surface area contributed by atoms with E-state index in [2.05, 4.69) is 11.9 Å². The first-order valence-electron chi connectivity index (χ1n) is 6.37. The first kappa shape index (κ1) is 15.5. The van der Waals surface area contributed by atoms with Gasteiger partial charge in [-0.1, -0.05) is 6.08 Å². The Morgan fingerprint density at radius 2 is 2.26 bits per heavy atom. The minimum Gasteiger partial charge on any atom is -0.444 e. The monoisotopic (exact) mass is 269 g/mol. The molecule has 1 fully saturated rings. The van der Waals surface area contributed by atoms with Crippen molar-refractivity contribution < 1.29 is 14.3 Å². The van der Waals surface area contributed by atoms with Crippen LogP contribution in [0.4, 0.5) is 4.79 Å². The number of ether oxygens (including phenoxy) is 1. The molecule has 6 nitrogen and oxygen atoms in total. The third-order valence-corrected chi connectivity index (χ3v) is 2.99. The van der Waals surface area contributed by atoms with Crippen LogP contribution in [0.2, 0.25) is 0 Å². The van der Waals surface area contributed by atoms with Gasteiger partial charge in [0, 0.05) is 19.6 Å². The SMILES string of the molecule is C=CC[C@@]1(CN)C(=O)NCCN1C(=O)OC(C)(C)C. The Bertz CT molecular complexity index is 376. The zero-order chi connectivity index (χ0) is 14.7. The molecule has 1 saturated heterocycles. The number of nitrogens with zero attached hydrogens (tertiary/aromatic N) is 1. The van der Waals surface area contributed by atoms with Crippen LogP contribution in [0.15, 0.2) is 12.7 Å². The zero-order valence-corrected chi connectivity index (χ0v) is 11.9. The molecule has 0 radical (unpaired) electrons. The van der Waals surface area contributed by atoms with E-state index in [1.54, 1.807) is 26.8 Å². The molecule has 0 spiro atoms. The van der Waals surface area contributed by atoms with Gasteiger partial charge < -0.3 is 15.8 Å². The fourth-order valence-electron chi connectivity index (χ4n) is 2.09. The molecule has 1 aliphatic rings. The van der Waals surface area contributed by atoms with E-state index >= 15 is 0 Å². The second kappa shape index (κ2) is 5.61. The van der Waals surface area contributed by atoms with Crippen LogP contribution < -0.4 is 11.1 Å². The molecule has 1 aliphatic heterocycles. The molecule has 0 aromatic carbocycles. The summed E-state index contributed by atoms with van der Waals surface area (Å²) in [5.41, 5.74) is 4.04. The molecule has 1 heterocycles. The number of rotatable bonds is 3. The number of carbonyl (C=O) groups is 2. The number of nitrogens with two attached hydrogens (primary N) is 1. The second-order valence-corrected chi connectivity index (χ2v) is 5.62. The maximum Gasteiger partial charge on any atom is 0.411 e. The van der Waals surface area contributed by atoms with Crippen molar-refractivity contribution in [2.24, 2.45) is 5.73 Å². The topological polar surface area (TPSA) is 84.7 Å². The Labute approximate surface area is 114 Å². The maximum absolute atomic E-state index is 12.2. The maximum atomic E-state index is 12.2. The highest BCUT2D eigenvalue weighted by Gasteiger charge is 2.48. The normalized spacial score (nSPS) is 23.8. The van der Waals surface area contributed by atoms with Gasteiger partial charge in [0.1, 0.15) is 11.1 Å². The van der Waals surface area contributed by atoms with Crippen LogP contribution in [0.25, 0.3) is 0 Å². The van der Waals surface area contributed by atoms with Gasteiger partial charge >= 0.3 is 6.09 Å². The summed E-state index contributed by atoms with van der Waals surface area (Å²) in [5.74, 6) is -0.257. The number of nitrogens with one attached hydrogen (secondary N) is 1. The molecule has 0 aliphatic carbocycles. The predicted octanol–water partition coefficient (Wildman–Crippen LogP) is 0.627. The van der Waals surface area contributed by atoms with Crippen LogP contribution in [0, 0.1) is 0 Å². The van der Waals surface area contributed by atoms with Gasteiger partial charge in [0.25, 0.3) is 0 Å². The largest absolute Gasteiger partial charge is 0.444 e. The van der Waals surface area contributed by atoms with Crippen molar-refractivity contribution in [3.8, 4) is 0 Å². The van der Waals surface area contributed by atoms with E-state index in [-0.39, 0.29) is 12.5 Å². The van der Waals surface area contributed by atoms with E-state index in [9.17, 15) is 9.59 Å². The summed E-state index contributed by atoms with van der Waals surface area (Å²) in [7, 11) is 0. The van der Waals surface area contributed by atoms with Gasteiger partial charge in [0.05, 0.1) is 0 Å². The van der Waals surface area contributed by atoms with Crippen molar-refractivity contribution in [1.82, 2.24) is 10.2 Å². The van der Waals surface area contributed by atoms with E-state index in [0.29, 0.717) is 19.5 Å². The fraction of sp³-hybridized carbons (Fsp3) is 0.692. The molecule has 108 valence electrons. The smallest absolute Gasteiger partial charge is 0.411 e. The first-order chi connectivity index (χ1) is 8.77. The van der Waals surface area contributed by atoms with Gasteiger partial charge in [-0.3, -0.25) is 9.69 Å². The quantitative estimate of drug-likeness (QED) is 0.736. The highest BCUT2D eigenvalue weighted by atomic mass is 16.6. The molecule has 6 heteroatoms. The molecule has 2 amide bonds. The fourth-order valence-corrected chi connectivity index (χ4v) is 2.09. The highest BCUT2D eigenvalue weighted by molar-refractivity contribution is 5.91. The second-order valence-electron chi connectivity index (χ2n) is 5.62. The standard InChI is InChI=1S/C13H23N3O3/c1-5-6-13(9-14)10(17)15-7-8-16(13)11(18)19-12(2,3)4/h5H,1,6-9,14H2,2-4H3,(H,15,17)/t13-/m1/s1. The molecule has 0 saturated carbocycles. The third-order valence-electron chi connectivity index (χ3n) is 2.99. The van der Waals surface area contributed by atoms with Crippen molar-refractivity contribution in [1.29, 1.82) is 0 Å². The number of amides is 2. The van der Waals surface area contributed by atoms with Crippen molar-refractivity contribution in [2.75, 3.05) is 19.6 Å². The van der Waals surface area contributed by atoms with E-state index < -0.39 is 17.2 Å². The van der Waals surface area contributed by atoms with Gasteiger partial charge in [-0.25, -0.2) is 4.79 Å². The van der Waals surface area contributed by atoms with Gasteiger partial charge in [0.15, 0.2) is 0 Å². The molecule has 0 unspecified atom stereocenters. The molecule has 1 atom stereocenters. The average Bonchev–Trinajstić information content (AvgIpc) is 2.29. The first-order valence-corrected chi connectivity index (χ1v) is 6.37. The predicted molar refractivity (Wildman–Crippen MR) is 72.5 cm³/mol. The Balaban J connectivity index is 3.03. The summed E-state index contributed by atoms with van der Waals surface area (Å²) in [6.07, 6.45) is 1.37. The minimum absolute atomic E-state index is 0.0318. The Kier molecular flexibility index (Phi) is 4.57. The van der Waals surface area contributed by atoms with Crippen LogP contribution >= 0.6 is 0 Å². The van der Waals surface area contributed by atoms with Crippen molar-refractivity contribution in [3.63, 3.8) is 0 Å². The summed E-state index contributed by atoms with van der Waals surface area (Å²) in [6.45, 7) is 9.80. The van der Waals surface area contributed by atoms with Crippen molar-refractivity contribution in [2.45, 2.75) is 38.3 Å².